The molecule has 150 valence electrons. The third kappa shape index (κ3) is 4.36. The molecule has 2 N–H and O–H groups in total. The maximum absolute atomic E-state index is 13.6. The van der Waals surface area contributed by atoms with Crippen LogP contribution in [0.25, 0.3) is 5.65 Å². The van der Waals surface area contributed by atoms with Crippen LogP contribution in [0.3, 0.4) is 0 Å². The zero-order valence-electron chi connectivity index (χ0n) is 16.0. The van der Waals surface area contributed by atoms with Crippen molar-refractivity contribution in [1.82, 2.24) is 19.9 Å². The van der Waals surface area contributed by atoms with E-state index in [9.17, 15) is 4.39 Å². The Morgan fingerprint density at radius 3 is 2.89 bits per heavy atom. The van der Waals surface area contributed by atoms with E-state index in [0.717, 1.165) is 37.3 Å². The number of halogens is 2. The van der Waals surface area contributed by atoms with E-state index in [4.69, 9.17) is 4.74 Å². The molecule has 4 rings (SSSR count). The Kier molecular flexibility index (Phi) is 6.36. The lowest BCUT2D eigenvalue weighted by Gasteiger charge is -2.23. The van der Waals surface area contributed by atoms with Gasteiger partial charge in [-0.05, 0) is 43.5 Å². The van der Waals surface area contributed by atoms with Crippen molar-refractivity contribution >= 4 is 29.4 Å². The smallest absolute Gasteiger partial charge is 0.234 e. The molecule has 1 atom stereocenters. The summed E-state index contributed by atoms with van der Waals surface area (Å²) in [5, 5.41) is 11.3. The van der Waals surface area contributed by atoms with Gasteiger partial charge in [0.25, 0.3) is 0 Å². The number of nitrogens with one attached hydrogen (secondary N) is 2. The minimum atomic E-state index is -0.291. The second-order valence-corrected chi connectivity index (χ2v) is 7.19. The van der Waals surface area contributed by atoms with Gasteiger partial charge in [0.15, 0.2) is 5.65 Å². The van der Waals surface area contributed by atoms with Crippen LogP contribution >= 0.6 is 12.4 Å². The molecule has 0 spiro atoms. The Morgan fingerprint density at radius 1 is 1.32 bits per heavy atom. The molecule has 1 saturated heterocycles. The van der Waals surface area contributed by atoms with Crippen LogP contribution in [0.5, 0.6) is 5.88 Å². The van der Waals surface area contributed by atoms with Crippen molar-refractivity contribution in [2.24, 2.45) is 0 Å². The van der Waals surface area contributed by atoms with Crippen LogP contribution in [0, 0.1) is 5.82 Å². The summed E-state index contributed by atoms with van der Waals surface area (Å²) in [4.78, 5) is 4.52. The van der Waals surface area contributed by atoms with Gasteiger partial charge in [0.1, 0.15) is 11.9 Å². The third-order valence-electron chi connectivity index (χ3n) is 4.71. The first kappa shape index (κ1) is 20.4. The van der Waals surface area contributed by atoms with Gasteiger partial charge in [-0.25, -0.2) is 13.9 Å². The van der Waals surface area contributed by atoms with Crippen LogP contribution in [0.2, 0.25) is 0 Å². The van der Waals surface area contributed by atoms with Crippen molar-refractivity contribution in [2.75, 3.05) is 18.4 Å². The molecule has 2 aromatic heterocycles. The van der Waals surface area contributed by atoms with Gasteiger partial charge in [0, 0.05) is 18.3 Å². The highest BCUT2D eigenvalue weighted by Crippen LogP contribution is 2.28. The van der Waals surface area contributed by atoms with E-state index >= 15 is 0 Å². The van der Waals surface area contributed by atoms with Gasteiger partial charge in [-0.1, -0.05) is 19.9 Å². The molecule has 3 heterocycles. The number of fused-ring (bicyclic) bond motifs is 1. The Hall–Kier alpha value is -2.38. The highest BCUT2D eigenvalue weighted by atomic mass is 35.5. The normalized spacial score (nSPS) is 16.8. The molecule has 28 heavy (non-hydrogen) atoms. The Labute approximate surface area is 169 Å². The van der Waals surface area contributed by atoms with E-state index in [0.29, 0.717) is 17.2 Å². The third-order valence-corrected chi connectivity index (χ3v) is 4.71. The Bertz CT molecular complexity index is 939. The summed E-state index contributed by atoms with van der Waals surface area (Å²) >= 11 is 0. The van der Waals surface area contributed by atoms with Gasteiger partial charge in [-0.3, -0.25) is 0 Å². The molecular formula is C20H25ClFN5O. The molecule has 1 aromatic carbocycles. The fourth-order valence-electron chi connectivity index (χ4n) is 3.32. The van der Waals surface area contributed by atoms with Crippen molar-refractivity contribution < 1.29 is 9.13 Å². The zero-order valence-corrected chi connectivity index (χ0v) is 16.8. The number of hydrogen-bond acceptors (Lipinski definition) is 5. The van der Waals surface area contributed by atoms with E-state index in [1.807, 2.05) is 22.8 Å². The fraction of sp³-hybridized carbons (Fsp3) is 0.400. The molecule has 1 aliphatic rings. The van der Waals surface area contributed by atoms with E-state index in [1.165, 1.54) is 12.1 Å². The lowest BCUT2D eigenvalue weighted by Crippen LogP contribution is -2.37. The van der Waals surface area contributed by atoms with E-state index < -0.39 is 0 Å². The lowest BCUT2D eigenvalue weighted by atomic mass is 10.1. The minimum absolute atomic E-state index is 0. The molecule has 0 bridgehead atoms. The molecule has 0 radical (unpaired) electrons. The summed E-state index contributed by atoms with van der Waals surface area (Å²) in [5.74, 6) is 0.511. The molecule has 8 heteroatoms. The number of rotatable bonds is 5. The highest BCUT2D eigenvalue weighted by Gasteiger charge is 2.19. The summed E-state index contributed by atoms with van der Waals surface area (Å²) in [7, 11) is 0. The Balaban J connectivity index is 0.00000225. The number of hydrogen-bond donors (Lipinski definition) is 2. The molecule has 1 fully saturated rings. The SMILES string of the molecule is CC(C)c1cnc2c(Nc3cccc(F)c3)cc(O[C@H]3CCCNC3)nn12.Cl. The van der Waals surface area contributed by atoms with Crippen LogP contribution in [-0.2, 0) is 0 Å². The standard InChI is InChI=1S/C20H24FN5O.ClH/c1-13(2)18-12-23-20-17(24-15-6-3-5-14(21)9-15)10-19(25-26(18)20)27-16-7-4-8-22-11-16;/h3,5-6,9-10,12-13,16,22,24H,4,7-8,11H2,1-2H3;1H/t16-;/m0./s1. The largest absolute Gasteiger partial charge is 0.472 e. The average molecular weight is 406 g/mol. The summed E-state index contributed by atoms with van der Waals surface area (Å²) in [6.45, 7) is 6.04. The number of nitrogens with zero attached hydrogens (tertiary/aromatic N) is 3. The molecule has 0 amide bonds. The van der Waals surface area contributed by atoms with Crippen LogP contribution in [-0.4, -0.2) is 33.8 Å². The first-order valence-corrected chi connectivity index (χ1v) is 9.39. The summed E-state index contributed by atoms with van der Waals surface area (Å²) < 4.78 is 21.5. The van der Waals surface area contributed by atoms with Gasteiger partial charge in [-0.15, -0.1) is 17.5 Å². The van der Waals surface area contributed by atoms with Gasteiger partial charge < -0.3 is 15.4 Å². The molecule has 3 aromatic rings. The molecule has 1 aliphatic heterocycles. The van der Waals surface area contributed by atoms with Gasteiger partial charge >= 0.3 is 0 Å². The second-order valence-electron chi connectivity index (χ2n) is 7.19. The van der Waals surface area contributed by atoms with Gasteiger partial charge in [0.2, 0.25) is 5.88 Å². The first-order chi connectivity index (χ1) is 13.1. The summed E-state index contributed by atoms with van der Waals surface area (Å²) in [6.07, 6.45) is 4.01. The van der Waals surface area contributed by atoms with E-state index in [2.05, 4.69) is 34.6 Å². The molecule has 0 unspecified atom stereocenters. The number of ether oxygens (including phenoxy) is 1. The van der Waals surface area contributed by atoms with Crippen molar-refractivity contribution in [2.45, 2.75) is 38.7 Å². The molecule has 0 aliphatic carbocycles. The van der Waals surface area contributed by atoms with Crippen molar-refractivity contribution in [3.8, 4) is 5.88 Å². The molecule has 0 saturated carbocycles. The van der Waals surface area contributed by atoms with Crippen LogP contribution in [0.15, 0.2) is 36.5 Å². The highest BCUT2D eigenvalue weighted by molar-refractivity contribution is 5.85. The fourth-order valence-corrected chi connectivity index (χ4v) is 3.32. The van der Waals surface area contributed by atoms with E-state index in [1.54, 1.807) is 6.07 Å². The number of piperidine rings is 1. The van der Waals surface area contributed by atoms with Gasteiger partial charge in [-0.2, -0.15) is 0 Å². The van der Waals surface area contributed by atoms with Crippen LogP contribution in [0.4, 0.5) is 15.8 Å². The second kappa shape index (κ2) is 8.75. The van der Waals surface area contributed by atoms with Crippen molar-refractivity contribution in [3.63, 3.8) is 0 Å². The predicted octanol–water partition coefficient (Wildman–Crippen LogP) is 4.29. The quantitative estimate of drug-likeness (QED) is 0.663. The number of imidazole rings is 1. The maximum atomic E-state index is 13.6. The van der Waals surface area contributed by atoms with Crippen molar-refractivity contribution in [1.29, 1.82) is 0 Å². The van der Waals surface area contributed by atoms with Crippen LogP contribution in [0.1, 0.15) is 38.3 Å². The monoisotopic (exact) mass is 405 g/mol. The van der Waals surface area contributed by atoms with E-state index in [-0.39, 0.29) is 30.2 Å². The summed E-state index contributed by atoms with van der Waals surface area (Å²) in [5.41, 5.74) is 3.08. The summed E-state index contributed by atoms with van der Waals surface area (Å²) in [6, 6.07) is 8.20. The maximum Gasteiger partial charge on any atom is 0.234 e. The first-order valence-electron chi connectivity index (χ1n) is 9.39. The Morgan fingerprint density at radius 2 is 2.18 bits per heavy atom. The van der Waals surface area contributed by atoms with Crippen molar-refractivity contribution in [3.05, 3.63) is 48.0 Å². The van der Waals surface area contributed by atoms with Crippen LogP contribution < -0.4 is 15.4 Å². The number of aromatic nitrogens is 3. The minimum Gasteiger partial charge on any atom is -0.472 e. The average Bonchev–Trinajstić information content (AvgIpc) is 3.07. The van der Waals surface area contributed by atoms with Gasteiger partial charge in [0.05, 0.1) is 17.6 Å². The number of benzene rings is 1. The topological polar surface area (TPSA) is 63.5 Å². The zero-order chi connectivity index (χ0) is 18.8. The predicted molar refractivity (Wildman–Crippen MR) is 111 cm³/mol. The number of anilines is 2. The lowest BCUT2D eigenvalue weighted by molar-refractivity contribution is 0.158. The molecular weight excluding hydrogens is 381 g/mol. The molecule has 6 nitrogen and oxygen atoms in total.